The summed E-state index contributed by atoms with van der Waals surface area (Å²) in [7, 11) is 0. The van der Waals surface area contributed by atoms with E-state index in [1.165, 1.54) is 11.1 Å². The zero-order chi connectivity index (χ0) is 19.8. The predicted octanol–water partition coefficient (Wildman–Crippen LogP) is 1.48. The molecular weight excluding hydrogens is 364 g/mol. The molecule has 3 unspecified atom stereocenters. The van der Waals surface area contributed by atoms with E-state index in [1.807, 2.05) is 0 Å². The van der Waals surface area contributed by atoms with Crippen LogP contribution in [-0.2, 0) is 17.8 Å². The standard InChI is InChI=1S/C22H30N6O/c23-12-15-3-1-2-4-18(15)28-19-8-10-25-22(29)20(19)21(27-28)26-17-6-5-14-7-9-24-13-16(14)11-17/h5-6,11,15,18-21,24,26-27H,1-4,7-10,13H2,(H,25,29)/t15-,18+,19?,20?,21?/m1/s1. The summed E-state index contributed by atoms with van der Waals surface area (Å²) < 4.78 is 0. The van der Waals surface area contributed by atoms with Crippen molar-refractivity contribution in [1.82, 2.24) is 21.1 Å². The molecule has 0 bridgehead atoms. The molecule has 7 heteroatoms. The van der Waals surface area contributed by atoms with Crippen molar-refractivity contribution in [2.24, 2.45) is 11.8 Å². The molecule has 4 N–H and O–H groups in total. The lowest BCUT2D eigenvalue weighted by Gasteiger charge is -2.39. The van der Waals surface area contributed by atoms with Crippen LogP contribution in [0, 0.1) is 23.2 Å². The molecule has 154 valence electrons. The van der Waals surface area contributed by atoms with Crippen LogP contribution in [0.1, 0.15) is 43.2 Å². The zero-order valence-corrected chi connectivity index (χ0v) is 16.8. The van der Waals surface area contributed by atoms with E-state index in [9.17, 15) is 10.1 Å². The van der Waals surface area contributed by atoms with Gasteiger partial charge in [-0.05, 0) is 55.5 Å². The van der Waals surface area contributed by atoms with Crippen molar-refractivity contribution in [3.63, 3.8) is 0 Å². The molecule has 0 radical (unpaired) electrons. The molecule has 5 rings (SSSR count). The van der Waals surface area contributed by atoms with Gasteiger partial charge in [0.1, 0.15) is 6.17 Å². The molecule has 2 saturated heterocycles. The summed E-state index contributed by atoms with van der Waals surface area (Å²) in [5.74, 6) is -0.00710. The van der Waals surface area contributed by atoms with Gasteiger partial charge in [0.25, 0.3) is 0 Å². The summed E-state index contributed by atoms with van der Waals surface area (Å²) in [5, 5.41) is 22.0. The van der Waals surface area contributed by atoms with Crippen molar-refractivity contribution in [2.75, 3.05) is 18.4 Å². The lowest BCUT2D eigenvalue weighted by molar-refractivity contribution is -0.128. The number of piperidine rings is 1. The lowest BCUT2D eigenvalue weighted by Crippen LogP contribution is -2.54. The first-order chi connectivity index (χ1) is 14.2. The second kappa shape index (κ2) is 7.94. The highest BCUT2D eigenvalue weighted by atomic mass is 16.2. The fraction of sp³-hybridized carbons (Fsp3) is 0.636. The minimum atomic E-state index is -0.156. The number of benzene rings is 1. The third kappa shape index (κ3) is 3.50. The molecule has 7 nitrogen and oxygen atoms in total. The van der Waals surface area contributed by atoms with Gasteiger partial charge in [-0.3, -0.25) is 4.79 Å². The molecule has 0 spiro atoms. The first-order valence-corrected chi connectivity index (χ1v) is 11.1. The van der Waals surface area contributed by atoms with Gasteiger partial charge < -0.3 is 16.0 Å². The van der Waals surface area contributed by atoms with E-state index in [-0.39, 0.29) is 36.0 Å². The Bertz CT molecular complexity index is 820. The predicted molar refractivity (Wildman–Crippen MR) is 111 cm³/mol. The van der Waals surface area contributed by atoms with Crippen LogP contribution in [0.15, 0.2) is 18.2 Å². The summed E-state index contributed by atoms with van der Waals surface area (Å²) in [6.07, 6.45) is 6.09. The van der Waals surface area contributed by atoms with Crippen molar-refractivity contribution in [3.8, 4) is 6.07 Å². The van der Waals surface area contributed by atoms with Gasteiger partial charge in [-0.1, -0.05) is 18.9 Å². The fourth-order valence-corrected chi connectivity index (χ4v) is 5.65. The lowest BCUT2D eigenvalue weighted by atomic mass is 9.83. The molecular formula is C22H30N6O. The van der Waals surface area contributed by atoms with Crippen LogP contribution < -0.4 is 21.4 Å². The molecule has 1 aromatic carbocycles. The Hall–Kier alpha value is -2.14. The monoisotopic (exact) mass is 394 g/mol. The fourth-order valence-electron chi connectivity index (χ4n) is 5.65. The quantitative estimate of drug-likeness (QED) is 0.621. The average Bonchev–Trinajstić information content (AvgIpc) is 3.13. The zero-order valence-electron chi connectivity index (χ0n) is 16.8. The van der Waals surface area contributed by atoms with E-state index in [1.54, 1.807) is 0 Å². The van der Waals surface area contributed by atoms with Crippen molar-refractivity contribution >= 4 is 11.6 Å². The maximum atomic E-state index is 12.8. The normalized spacial score (nSPS) is 34.6. The highest BCUT2D eigenvalue weighted by Crippen LogP contribution is 2.36. The number of hydrogen-bond donors (Lipinski definition) is 4. The molecule has 5 atom stereocenters. The van der Waals surface area contributed by atoms with Crippen LogP contribution in [0.5, 0.6) is 0 Å². The summed E-state index contributed by atoms with van der Waals surface area (Å²) >= 11 is 0. The number of anilines is 1. The van der Waals surface area contributed by atoms with E-state index in [0.29, 0.717) is 6.54 Å². The van der Waals surface area contributed by atoms with Crippen LogP contribution >= 0.6 is 0 Å². The van der Waals surface area contributed by atoms with E-state index >= 15 is 0 Å². The Labute approximate surface area is 172 Å². The molecule has 3 heterocycles. The van der Waals surface area contributed by atoms with E-state index in [2.05, 4.69) is 50.7 Å². The van der Waals surface area contributed by atoms with Crippen molar-refractivity contribution < 1.29 is 4.79 Å². The maximum Gasteiger partial charge on any atom is 0.228 e. The molecule has 29 heavy (non-hydrogen) atoms. The molecule has 1 aromatic rings. The summed E-state index contributed by atoms with van der Waals surface area (Å²) in [4.78, 5) is 12.8. The van der Waals surface area contributed by atoms with Gasteiger partial charge in [0.2, 0.25) is 5.91 Å². The number of nitrogens with zero attached hydrogens (tertiary/aromatic N) is 2. The molecule has 3 fully saturated rings. The number of nitrogens with one attached hydrogen (secondary N) is 4. The van der Waals surface area contributed by atoms with Crippen molar-refractivity contribution in [3.05, 3.63) is 29.3 Å². The Morgan fingerprint density at radius 2 is 2.00 bits per heavy atom. The van der Waals surface area contributed by atoms with Crippen molar-refractivity contribution in [1.29, 1.82) is 5.26 Å². The van der Waals surface area contributed by atoms with Crippen LogP contribution in [-0.4, -0.2) is 42.3 Å². The molecule has 3 aliphatic heterocycles. The number of hydrogen-bond acceptors (Lipinski definition) is 6. The third-order valence-corrected chi connectivity index (χ3v) is 7.13. The number of rotatable bonds is 3. The SMILES string of the molecule is N#C[C@H]1CCCC[C@@H]1N1NC(Nc2ccc3c(c2)CNCC3)C2C(=O)NCCC21. The Morgan fingerprint density at radius 3 is 2.90 bits per heavy atom. The first kappa shape index (κ1) is 18.9. The smallest absolute Gasteiger partial charge is 0.228 e. The van der Waals surface area contributed by atoms with E-state index in [0.717, 1.165) is 57.3 Å². The van der Waals surface area contributed by atoms with Gasteiger partial charge in [-0.2, -0.15) is 5.26 Å². The van der Waals surface area contributed by atoms with E-state index < -0.39 is 0 Å². The van der Waals surface area contributed by atoms with Crippen LogP contribution in [0.3, 0.4) is 0 Å². The summed E-state index contributed by atoms with van der Waals surface area (Å²) in [5.41, 5.74) is 7.40. The van der Waals surface area contributed by atoms with Gasteiger partial charge in [0, 0.05) is 30.9 Å². The number of carbonyl (C=O) groups excluding carboxylic acids is 1. The number of nitriles is 1. The maximum absolute atomic E-state index is 12.8. The van der Waals surface area contributed by atoms with Gasteiger partial charge in [-0.15, -0.1) is 0 Å². The second-order valence-corrected chi connectivity index (χ2v) is 8.83. The van der Waals surface area contributed by atoms with Crippen molar-refractivity contribution in [2.45, 2.75) is 63.3 Å². The van der Waals surface area contributed by atoms with Crippen LogP contribution in [0.2, 0.25) is 0 Å². The second-order valence-electron chi connectivity index (χ2n) is 8.83. The van der Waals surface area contributed by atoms with Crippen LogP contribution in [0.25, 0.3) is 0 Å². The van der Waals surface area contributed by atoms with E-state index in [4.69, 9.17) is 0 Å². The molecule has 4 aliphatic rings. The summed E-state index contributed by atoms with van der Waals surface area (Å²) in [6, 6.07) is 9.39. The first-order valence-electron chi connectivity index (χ1n) is 11.1. The Morgan fingerprint density at radius 1 is 1.10 bits per heavy atom. The molecule has 1 amide bonds. The average molecular weight is 395 g/mol. The number of hydrazine groups is 1. The number of carbonyl (C=O) groups is 1. The van der Waals surface area contributed by atoms with Crippen LogP contribution in [0.4, 0.5) is 5.69 Å². The highest BCUT2D eigenvalue weighted by Gasteiger charge is 2.51. The third-order valence-electron chi connectivity index (χ3n) is 7.13. The minimum Gasteiger partial charge on any atom is -0.368 e. The Kier molecular flexibility index (Phi) is 5.17. The molecule has 1 saturated carbocycles. The van der Waals surface area contributed by atoms with Gasteiger partial charge in [0.15, 0.2) is 0 Å². The largest absolute Gasteiger partial charge is 0.368 e. The topological polar surface area (TPSA) is 92.2 Å². The Balaban J connectivity index is 1.39. The molecule has 1 aliphatic carbocycles. The number of fused-ring (bicyclic) bond motifs is 2. The molecule has 0 aromatic heterocycles. The van der Waals surface area contributed by atoms with Gasteiger partial charge >= 0.3 is 0 Å². The van der Waals surface area contributed by atoms with Gasteiger partial charge in [-0.25, -0.2) is 10.4 Å². The van der Waals surface area contributed by atoms with Gasteiger partial charge in [0.05, 0.1) is 17.9 Å². The number of amides is 1. The summed E-state index contributed by atoms with van der Waals surface area (Å²) in [6.45, 7) is 2.64. The minimum absolute atomic E-state index is 0.0375. The highest BCUT2D eigenvalue weighted by molar-refractivity contribution is 5.82.